The van der Waals surface area contributed by atoms with E-state index < -0.39 is 10.9 Å². The van der Waals surface area contributed by atoms with E-state index in [1.165, 1.54) is 24.3 Å². The minimum atomic E-state index is -0.550. The van der Waals surface area contributed by atoms with Gasteiger partial charge in [-0.05, 0) is 30.7 Å². The van der Waals surface area contributed by atoms with E-state index in [9.17, 15) is 14.9 Å². The maximum Gasteiger partial charge on any atom is 0.338 e. The number of hydrogen-bond acceptors (Lipinski definition) is 4. The first-order valence-electron chi connectivity index (χ1n) is 5.09. The molecule has 1 aromatic rings. The summed E-state index contributed by atoms with van der Waals surface area (Å²) in [6.45, 7) is 1.80. The van der Waals surface area contributed by atoms with Gasteiger partial charge in [0.2, 0.25) is 0 Å². The second-order valence-electron chi connectivity index (χ2n) is 3.43. The molecule has 0 saturated heterocycles. The Labute approximate surface area is 104 Å². The predicted molar refractivity (Wildman–Crippen MR) is 66.0 cm³/mol. The Balaban J connectivity index is 2.63. The van der Waals surface area contributed by atoms with E-state index in [1.54, 1.807) is 13.0 Å². The third-order valence-corrected chi connectivity index (χ3v) is 2.15. The summed E-state index contributed by atoms with van der Waals surface area (Å²) < 4.78 is 4.92. The summed E-state index contributed by atoms with van der Waals surface area (Å²) in [5.74, 6) is 1.84. The van der Waals surface area contributed by atoms with Crippen molar-refractivity contribution in [2.45, 2.75) is 6.92 Å². The fourth-order valence-electron chi connectivity index (χ4n) is 1.10. The highest BCUT2D eigenvalue weighted by atomic mass is 16.6. The lowest BCUT2D eigenvalue weighted by Gasteiger charge is -2.01. The van der Waals surface area contributed by atoms with Gasteiger partial charge in [-0.25, -0.2) is 4.79 Å². The molecule has 0 N–H and O–H groups in total. The van der Waals surface area contributed by atoms with Gasteiger partial charge in [0.05, 0.1) is 10.5 Å². The highest BCUT2D eigenvalue weighted by Gasteiger charge is 2.09. The molecule has 0 aliphatic carbocycles. The van der Waals surface area contributed by atoms with Gasteiger partial charge < -0.3 is 4.74 Å². The molecule has 0 radical (unpaired) electrons. The van der Waals surface area contributed by atoms with Crippen LogP contribution in [0.4, 0.5) is 5.69 Å². The second kappa shape index (κ2) is 6.21. The number of rotatable bonds is 4. The molecule has 0 spiro atoms. The van der Waals surface area contributed by atoms with Crippen LogP contribution in [0.5, 0.6) is 0 Å². The lowest BCUT2D eigenvalue weighted by Crippen LogP contribution is -2.05. The molecule has 5 nitrogen and oxygen atoms in total. The number of non-ortho nitro benzene ring substituents is 1. The molecule has 0 aliphatic rings. The standard InChI is InChI=1S/C13H11NO4/c1-3-10(2)8-9-18-13(15)11-4-6-12(7-5-11)14(16)17/h1,4-8H,9H2,2H3/b10-8+. The minimum absolute atomic E-state index is 0.0744. The zero-order valence-electron chi connectivity index (χ0n) is 9.75. The average molecular weight is 245 g/mol. The van der Waals surface area contributed by atoms with E-state index in [4.69, 9.17) is 11.2 Å². The normalized spacial score (nSPS) is 10.6. The summed E-state index contributed by atoms with van der Waals surface area (Å²) >= 11 is 0. The van der Waals surface area contributed by atoms with Crippen LogP contribution in [0.1, 0.15) is 17.3 Å². The van der Waals surface area contributed by atoms with Crippen molar-refractivity contribution in [2.24, 2.45) is 0 Å². The Bertz CT molecular complexity index is 523. The number of nitro benzene ring substituents is 1. The molecule has 0 bridgehead atoms. The first-order valence-corrected chi connectivity index (χ1v) is 5.09. The lowest BCUT2D eigenvalue weighted by atomic mass is 10.2. The zero-order valence-corrected chi connectivity index (χ0v) is 9.75. The minimum Gasteiger partial charge on any atom is -0.458 e. The van der Waals surface area contributed by atoms with Crippen molar-refractivity contribution in [2.75, 3.05) is 6.61 Å². The molecule has 92 valence electrons. The van der Waals surface area contributed by atoms with E-state index in [-0.39, 0.29) is 17.9 Å². The van der Waals surface area contributed by atoms with E-state index in [2.05, 4.69) is 5.92 Å². The van der Waals surface area contributed by atoms with E-state index in [1.807, 2.05) is 0 Å². The fourth-order valence-corrected chi connectivity index (χ4v) is 1.10. The number of carbonyl (C=O) groups is 1. The summed E-state index contributed by atoms with van der Waals surface area (Å²) in [6, 6.07) is 5.19. The number of ether oxygens (including phenoxy) is 1. The van der Waals surface area contributed by atoms with E-state index >= 15 is 0 Å². The molecule has 1 rings (SSSR count). The topological polar surface area (TPSA) is 69.4 Å². The van der Waals surface area contributed by atoms with Gasteiger partial charge in [0.25, 0.3) is 5.69 Å². The molecule has 5 heteroatoms. The number of hydrogen-bond donors (Lipinski definition) is 0. The first-order chi connectivity index (χ1) is 8.54. The number of carbonyl (C=O) groups excluding carboxylic acids is 1. The van der Waals surface area contributed by atoms with Crippen LogP contribution in [0.15, 0.2) is 35.9 Å². The molecule has 0 aromatic heterocycles. The molecule has 0 atom stereocenters. The maximum atomic E-state index is 11.5. The Kier molecular flexibility index (Phi) is 4.64. The average Bonchev–Trinajstić information content (AvgIpc) is 2.38. The SMILES string of the molecule is C#C/C(C)=C/COC(=O)c1ccc([N+](=O)[O-])cc1. The van der Waals surface area contributed by atoms with Crippen molar-refractivity contribution < 1.29 is 14.5 Å². The van der Waals surface area contributed by atoms with Crippen molar-refractivity contribution in [1.29, 1.82) is 0 Å². The summed E-state index contributed by atoms with van der Waals surface area (Å²) in [5, 5.41) is 10.4. The third kappa shape index (κ3) is 3.76. The molecule has 18 heavy (non-hydrogen) atoms. The predicted octanol–water partition coefficient (Wildman–Crippen LogP) is 2.33. The molecule has 0 saturated carbocycles. The second-order valence-corrected chi connectivity index (χ2v) is 3.43. The van der Waals surface area contributed by atoms with Gasteiger partial charge in [-0.3, -0.25) is 10.1 Å². The van der Waals surface area contributed by atoms with E-state index in [0.717, 1.165) is 0 Å². The summed E-state index contributed by atoms with van der Waals surface area (Å²) in [4.78, 5) is 21.4. The number of benzene rings is 1. The van der Waals surface area contributed by atoms with Crippen LogP contribution < -0.4 is 0 Å². The molecular weight excluding hydrogens is 234 g/mol. The Morgan fingerprint density at radius 2 is 2.11 bits per heavy atom. The highest BCUT2D eigenvalue weighted by Crippen LogP contribution is 2.12. The van der Waals surface area contributed by atoms with Crippen LogP contribution >= 0.6 is 0 Å². The molecule has 0 heterocycles. The highest BCUT2D eigenvalue weighted by molar-refractivity contribution is 5.89. The molecule has 0 fully saturated rings. The van der Waals surface area contributed by atoms with Gasteiger partial charge in [-0.2, -0.15) is 0 Å². The van der Waals surface area contributed by atoms with Crippen molar-refractivity contribution in [1.82, 2.24) is 0 Å². The largest absolute Gasteiger partial charge is 0.458 e. The van der Waals surface area contributed by atoms with Gasteiger partial charge in [0, 0.05) is 12.1 Å². The van der Waals surface area contributed by atoms with E-state index in [0.29, 0.717) is 5.57 Å². The number of nitro groups is 1. The van der Waals surface area contributed by atoms with Crippen LogP contribution in [-0.2, 0) is 4.74 Å². The van der Waals surface area contributed by atoms with Gasteiger partial charge >= 0.3 is 5.97 Å². The molecule has 0 aliphatic heterocycles. The Morgan fingerprint density at radius 3 is 2.61 bits per heavy atom. The Hall–Kier alpha value is -2.61. The van der Waals surface area contributed by atoms with Crippen molar-refractivity contribution in [3.63, 3.8) is 0 Å². The maximum absolute atomic E-state index is 11.5. The van der Waals surface area contributed by atoms with Crippen LogP contribution in [-0.4, -0.2) is 17.5 Å². The molecule has 0 amide bonds. The van der Waals surface area contributed by atoms with Gasteiger partial charge in [-0.1, -0.05) is 5.92 Å². The zero-order chi connectivity index (χ0) is 13.5. The van der Waals surface area contributed by atoms with Gasteiger partial charge in [0.1, 0.15) is 6.61 Å². The number of allylic oxidation sites excluding steroid dienone is 1. The number of esters is 1. The fraction of sp³-hybridized carbons (Fsp3) is 0.154. The number of nitrogens with zero attached hydrogens (tertiary/aromatic N) is 1. The van der Waals surface area contributed by atoms with Crippen LogP contribution in [0.2, 0.25) is 0 Å². The first kappa shape index (κ1) is 13.5. The molecule has 0 unspecified atom stereocenters. The molecular formula is C13H11NO4. The third-order valence-electron chi connectivity index (χ3n) is 2.15. The molecule has 1 aromatic carbocycles. The summed E-state index contributed by atoms with van der Waals surface area (Å²) in [5.41, 5.74) is 0.855. The summed E-state index contributed by atoms with van der Waals surface area (Å²) in [6.07, 6.45) is 6.72. The smallest absolute Gasteiger partial charge is 0.338 e. The van der Waals surface area contributed by atoms with Gasteiger partial charge in [-0.15, -0.1) is 6.42 Å². The van der Waals surface area contributed by atoms with Crippen LogP contribution in [0, 0.1) is 22.5 Å². The Morgan fingerprint density at radius 1 is 1.50 bits per heavy atom. The summed E-state index contributed by atoms with van der Waals surface area (Å²) in [7, 11) is 0. The quantitative estimate of drug-likeness (QED) is 0.353. The van der Waals surface area contributed by atoms with Crippen molar-refractivity contribution in [3.8, 4) is 12.3 Å². The number of terminal acetylenes is 1. The monoisotopic (exact) mass is 245 g/mol. The van der Waals surface area contributed by atoms with Crippen LogP contribution in [0.25, 0.3) is 0 Å². The lowest BCUT2D eigenvalue weighted by molar-refractivity contribution is -0.384. The van der Waals surface area contributed by atoms with Crippen LogP contribution in [0.3, 0.4) is 0 Å². The van der Waals surface area contributed by atoms with Gasteiger partial charge in [0.15, 0.2) is 0 Å². The van der Waals surface area contributed by atoms with Crippen molar-refractivity contribution in [3.05, 3.63) is 51.6 Å². The van der Waals surface area contributed by atoms with Crippen molar-refractivity contribution >= 4 is 11.7 Å².